The molecule has 0 fully saturated rings. The van der Waals surface area contributed by atoms with Crippen LogP contribution >= 0.6 is 0 Å². The van der Waals surface area contributed by atoms with Gasteiger partial charge in [0.1, 0.15) is 12.4 Å². The normalized spacial score (nSPS) is 12.0. The van der Waals surface area contributed by atoms with Crippen LogP contribution in [0.3, 0.4) is 0 Å². The van der Waals surface area contributed by atoms with Gasteiger partial charge in [0.05, 0.1) is 5.69 Å². The first-order valence-corrected chi connectivity index (χ1v) is 8.13. The van der Waals surface area contributed by atoms with Crippen molar-refractivity contribution < 1.29 is 18.7 Å². The molecule has 136 valence electrons. The van der Waals surface area contributed by atoms with Crippen molar-refractivity contribution in [1.29, 1.82) is 0 Å². The Hall–Kier alpha value is -3.68. The number of amides is 1. The summed E-state index contributed by atoms with van der Waals surface area (Å²) in [5.74, 6) is 0.224. The molecule has 0 saturated carbocycles. The van der Waals surface area contributed by atoms with Crippen molar-refractivity contribution in [1.82, 2.24) is 9.78 Å². The van der Waals surface area contributed by atoms with Gasteiger partial charge in [-0.2, -0.15) is 5.10 Å². The van der Waals surface area contributed by atoms with E-state index < -0.39 is 17.3 Å². The fourth-order valence-electron chi connectivity index (χ4n) is 2.69. The van der Waals surface area contributed by atoms with Crippen LogP contribution in [0, 0.1) is 5.82 Å². The van der Waals surface area contributed by atoms with Crippen LogP contribution in [0.25, 0.3) is 11.3 Å². The van der Waals surface area contributed by atoms with Crippen LogP contribution in [0.15, 0.2) is 59.4 Å². The average Bonchev–Trinajstić information content (AvgIpc) is 3.12. The van der Waals surface area contributed by atoms with E-state index >= 15 is 0 Å². The fraction of sp³-hybridized carbons (Fsp3) is 0.105. The minimum Gasteiger partial charge on any atom is -0.454 e. The summed E-state index contributed by atoms with van der Waals surface area (Å²) in [4.78, 5) is 24.3. The predicted octanol–water partition coefficient (Wildman–Crippen LogP) is 2.42. The molecule has 1 aliphatic rings. The Morgan fingerprint density at radius 2 is 1.93 bits per heavy atom. The lowest BCUT2D eigenvalue weighted by Crippen LogP contribution is -2.29. The molecular weight excluding hydrogens is 353 g/mol. The molecule has 0 atom stereocenters. The van der Waals surface area contributed by atoms with E-state index in [-0.39, 0.29) is 24.6 Å². The maximum atomic E-state index is 13.9. The third kappa shape index (κ3) is 3.50. The van der Waals surface area contributed by atoms with Crippen molar-refractivity contribution in [2.24, 2.45) is 0 Å². The van der Waals surface area contributed by atoms with Crippen LogP contribution in [0.4, 0.5) is 10.1 Å². The number of anilines is 1. The van der Waals surface area contributed by atoms with Gasteiger partial charge in [-0.15, -0.1) is 0 Å². The number of aromatic nitrogens is 2. The summed E-state index contributed by atoms with van der Waals surface area (Å²) in [6.07, 6.45) is 0. The summed E-state index contributed by atoms with van der Waals surface area (Å²) >= 11 is 0. The first kappa shape index (κ1) is 16.8. The van der Waals surface area contributed by atoms with E-state index in [1.165, 1.54) is 18.2 Å². The Morgan fingerprint density at radius 3 is 2.78 bits per heavy atom. The van der Waals surface area contributed by atoms with E-state index in [2.05, 4.69) is 10.4 Å². The van der Waals surface area contributed by atoms with Crippen molar-refractivity contribution in [2.75, 3.05) is 12.1 Å². The van der Waals surface area contributed by atoms with Crippen molar-refractivity contribution in [3.8, 4) is 22.8 Å². The fourth-order valence-corrected chi connectivity index (χ4v) is 2.69. The number of rotatable bonds is 4. The van der Waals surface area contributed by atoms with Gasteiger partial charge in [0, 0.05) is 23.4 Å². The van der Waals surface area contributed by atoms with Crippen molar-refractivity contribution >= 4 is 11.6 Å². The zero-order chi connectivity index (χ0) is 18.8. The second-order valence-electron chi connectivity index (χ2n) is 5.81. The van der Waals surface area contributed by atoms with Crippen LogP contribution in [-0.2, 0) is 11.3 Å². The Labute approximate surface area is 153 Å². The van der Waals surface area contributed by atoms with E-state index in [0.29, 0.717) is 17.2 Å². The number of hydrogen-bond donors (Lipinski definition) is 1. The standard InChI is InChI=1S/C19H14FN3O4/c20-14-4-2-1-3-13(14)15-6-8-19(25)23(22-15)10-18(24)21-12-5-7-16-17(9-12)27-11-26-16/h1-9H,10-11H2,(H,21,24). The molecule has 1 aliphatic heterocycles. The number of nitrogens with zero attached hydrogens (tertiary/aromatic N) is 2. The molecule has 7 nitrogen and oxygen atoms in total. The number of fused-ring (bicyclic) bond motifs is 1. The highest BCUT2D eigenvalue weighted by Crippen LogP contribution is 2.34. The monoisotopic (exact) mass is 367 g/mol. The van der Waals surface area contributed by atoms with Gasteiger partial charge in [-0.3, -0.25) is 9.59 Å². The number of halogens is 1. The predicted molar refractivity (Wildman–Crippen MR) is 95.1 cm³/mol. The van der Waals surface area contributed by atoms with Gasteiger partial charge >= 0.3 is 0 Å². The minimum absolute atomic E-state index is 0.134. The van der Waals surface area contributed by atoms with Crippen LogP contribution in [0.2, 0.25) is 0 Å². The number of carbonyl (C=O) groups is 1. The third-order valence-electron chi connectivity index (χ3n) is 3.97. The van der Waals surface area contributed by atoms with E-state index in [1.54, 1.807) is 36.4 Å². The molecule has 27 heavy (non-hydrogen) atoms. The Bertz CT molecular complexity index is 1080. The van der Waals surface area contributed by atoms with E-state index in [1.807, 2.05) is 0 Å². The van der Waals surface area contributed by atoms with Crippen molar-refractivity contribution in [3.05, 3.63) is 70.8 Å². The maximum absolute atomic E-state index is 13.9. The molecular formula is C19H14FN3O4. The number of benzene rings is 2. The van der Waals surface area contributed by atoms with Gasteiger partial charge < -0.3 is 14.8 Å². The van der Waals surface area contributed by atoms with Crippen LogP contribution < -0.4 is 20.3 Å². The van der Waals surface area contributed by atoms with Crippen LogP contribution in [0.5, 0.6) is 11.5 Å². The summed E-state index contributed by atoms with van der Waals surface area (Å²) in [7, 11) is 0. The summed E-state index contributed by atoms with van der Waals surface area (Å²) in [5.41, 5.74) is 0.560. The Morgan fingerprint density at radius 1 is 1.11 bits per heavy atom. The number of hydrogen-bond acceptors (Lipinski definition) is 5. The smallest absolute Gasteiger partial charge is 0.267 e. The zero-order valence-electron chi connectivity index (χ0n) is 14.0. The first-order chi connectivity index (χ1) is 13.1. The number of ether oxygens (including phenoxy) is 2. The van der Waals surface area contributed by atoms with Crippen LogP contribution in [-0.4, -0.2) is 22.5 Å². The summed E-state index contributed by atoms with van der Waals surface area (Å²) in [5, 5.41) is 6.77. The van der Waals surface area contributed by atoms with Crippen molar-refractivity contribution in [2.45, 2.75) is 6.54 Å². The maximum Gasteiger partial charge on any atom is 0.267 e. The van der Waals surface area contributed by atoms with Gasteiger partial charge in [0.2, 0.25) is 12.7 Å². The summed E-state index contributed by atoms with van der Waals surface area (Å²) in [6.45, 7) is -0.176. The van der Waals surface area contributed by atoms with Gasteiger partial charge in [0.25, 0.3) is 5.56 Å². The molecule has 1 aromatic heterocycles. The molecule has 0 aliphatic carbocycles. The van der Waals surface area contributed by atoms with Gasteiger partial charge in [-0.1, -0.05) is 12.1 Å². The SMILES string of the molecule is O=C(Cn1nc(-c2ccccc2F)ccc1=O)Nc1ccc2c(c1)OCO2. The molecule has 0 unspecified atom stereocenters. The summed E-state index contributed by atoms with van der Waals surface area (Å²) in [6, 6.07) is 13.7. The number of nitrogens with one attached hydrogen (secondary N) is 1. The zero-order valence-corrected chi connectivity index (χ0v) is 14.0. The second-order valence-corrected chi connectivity index (χ2v) is 5.81. The molecule has 3 aromatic rings. The quantitative estimate of drug-likeness (QED) is 0.766. The summed E-state index contributed by atoms with van der Waals surface area (Å²) < 4.78 is 25.4. The molecule has 0 bridgehead atoms. The Balaban J connectivity index is 1.53. The highest BCUT2D eigenvalue weighted by molar-refractivity contribution is 5.90. The molecule has 2 aromatic carbocycles. The van der Waals surface area contributed by atoms with Gasteiger partial charge in [-0.05, 0) is 30.3 Å². The number of carbonyl (C=O) groups excluding carboxylic acids is 1. The molecule has 0 radical (unpaired) electrons. The van der Waals surface area contributed by atoms with Crippen molar-refractivity contribution in [3.63, 3.8) is 0 Å². The largest absolute Gasteiger partial charge is 0.454 e. The topological polar surface area (TPSA) is 82.5 Å². The Kier molecular flexibility index (Phi) is 4.29. The second kappa shape index (κ2) is 6.91. The van der Waals surface area contributed by atoms with Gasteiger partial charge in [-0.25, -0.2) is 9.07 Å². The molecule has 8 heteroatoms. The third-order valence-corrected chi connectivity index (χ3v) is 3.97. The minimum atomic E-state index is -0.462. The average molecular weight is 367 g/mol. The lowest BCUT2D eigenvalue weighted by atomic mass is 10.1. The highest BCUT2D eigenvalue weighted by atomic mass is 19.1. The molecule has 0 saturated heterocycles. The molecule has 0 spiro atoms. The highest BCUT2D eigenvalue weighted by Gasteiger charge is 2.15. The molecule has 4 rings (SSSR count). The lowest BCUT2D eigenvalue weighted by Gasteiger charge is -2.09. The molecule has 1 amide bonds. The van der Waals surface area contributed by atoms with E-state index in [9.17, 15) is 14.0 Å². The van der Waals surface area contributed by atoms with E-state index in [0.717, 1.165) is 4.68 Å². The lowest BCUT2D eigenvalue weighted by molar-refractivity contribution is -0.117. The first-order valence-electron chi connectivity index (χ1n) is 8.13. The van der Waals surface area contributed by atoms with Gasteiger partial charge in [0.15, 0.2) is 11.5 Å². The van der Waals surface area contributed by atoms with E-state index in [4.69, 9.17) is 9.47 Å². The molecule has 2 heterocycles. The molecule has 1 N–H and O–H groups in total. The van der Waals surface area contributed by atoms with Crippen LogP contribution in [0.1, 0.15) is 0 Å².